The van der Waals surface area contributed by atoms with Crippen molar-refractivity contribution < 1.29 is 13.5 Å². The second kappa shape index (κ2) is 6.39. The second-order valence-corrected chi connectivity index (χ2v) is 4.99. The maximum absolute atomic E-state index is 14.3. The molecule has 0 spiro atoms. The first-order chi connectivity index (χ1) is 9.99. The molecular formula is C15H15ClF2N2O. The summed E-state index contributed by atoms with van der Waals surface area (Å²) in [5.41, 5.74) is 3.18. The molecule has 3 N–H and O–H groups in total. The Morgan fingerprint density at radius 3 is 2.57 bits per heavy atom. The fourth-order valence-corrected chi connectivity index (χ4v) is 2.34. The van der Waals surface area contributed by atoms with E-state index in [0.717, 1.165) is 0 Å². The largest absolute Gasteiger partial charge is 0.495 e. The fourth-order valence-electron chi connectivity index (χ4n) is 2.15. The van der Waals surface area contributed by atoms with Crippen LogP contribution < -0.4 is 16.0 Å². The van der Waals surface area contributed by atoms with E-state index in [4.69, 9.17) is 22.2 Å². The molecule has 112 valence electrons. The second-order valence-electron chi connectivity index (χ2n) is 4.59. The van der Waals surface area contributed by atoms with Crippen molar-refractivity contribution in [3.05, 3.63) is 63.7 Å². The van der Waals surface area contributed by atoms with Crippen molar-refractivity contribution >= 4 is 11.6 Å². The SMILES string of the molecule is COc1cc(C(NN)c2c(F)ccc(C)c2F)ccc1Cl. The number of methoxy groups -OCH3 is 1. The number of rotatable bonds is 4. The zero-order valence-corrected chi connectivity index (χ0v) is 12.3. The number of hydrazine groups is 1. The molecule has 2 rings (SSSR count). The van der Waals surface area contributed by atoms with Gasteiger partial charge in [0.1, 0.15) is 17.4 Å². The van der Waals surface area contributed by atoms with Crippen LogP contribution in [0.3, 0.4) is 0 Å². The minimum atomic E-state index is -0.851. The Balaban J connectivity index is 2.57. The summed E-state index contributed by atoms with van der Waals surface area (Å²) in [4.78, 5) is 0. The van der Waals surface area contributed by atoms with E-state index in [1.165, 1.54) is 19.2 Å². The molecule has 0 fully saturated rings. The van der Waals surface area contributed by atoms with E-state index in [1.807, 2.05) is 0 Å². The van der Waals surface area contributed by atoms with E-state index in [-0.39, 0.29) is 5.56 Å². The fraction of sp³-hybridized carbons (Fsp3) is 0.200. The lowest BCUT2D eigenvalue weighted by Crippen LogP contribution is -2.30. The quantitative estimate of drug-likeness (QED) is 0.671. The molecule has 21 heavy (non-hydrogen) atoms. The Bertz CT molecular complexity index is 664. The Kier molecular flexibility index (Phi) is 4.77. The van der Waals surface area contributed by atoms with Crippen molar-refractivity contribution in [1.82, 2.24) is 5.43 Å². The highest BCUT2D eigenvalue weighted by Gasteiger charge is 2.23. The number of ether oxygens (including phenoxy) is 1. The third-order valence-electron chi connectivity index (χ3n) is 3.28. The van der Waals surface area contributed by atoms with Gasteiger partial charge in [0.25, 0.3) is 0 Å². The standard InChI is InChI=1S/C15H15ClF2N2O/c1-8-3-6-11(17)13(14(8)18)15(20-19)9-4-5-10(16)12(7-9)21-2/h3-7,15,20H,19H2,1-2H3. The van der Waals surface area contributed by atoms with E-state index < -0.39 is 17.7 Å². The topological polar surface area (TPSA) is 47.3 Å². The summed E-state index contributed by atoms with van der Waals surface area (Å²) in [6.45, 7) is 1.56. The molecule has 0 saturated heterocycles. The lowest BCUT2D eigenvalue weighted by atomic mass is 9.96. The molecule has 0 aliphatic heterocycles. The predicted molar refractivity (Wildman–Crippen MR) is 78.3 cm³/mol. The first kappa shape index (κ1) is 15.7. The smallest absolute Gasteiger partial charge is 0.137 e. The minimum absolute atomic E-state index is 0.137. The normalized spacial score (nSPS) is 12.3. The van der Waals surface area contributed by atoms with Crippen molar-refractivity contribution in [2.45, 2.75) is 13.0 Å². The molecule has 1 unspecified atom stereocenters. The van der Waals surface area contributed by atoms with Crippen molar-refractivity contribution in [1.29, 1.82) is 0 Å². The number of halogens is 3. The number of aryl methyl sites for hydroxylation is 1. The summed E-state index contributed by atoms with van der Waals surface area (Å²) in [5, 5.41) is 0.405. The van der Waals surface area contributed by atoms with Gasteiger partial charge >= 0.3 is 0 Å². The van der Waals surface area contributed by atoms with Crippen LogP contribution >= 0.6 is 11.6 Å². The third-order valence-corrected chi connectivity index (χ3v) is 3.60. The van der Waals surface area contributed by atoms with E-state index >= 15 is 0 Å². The molecule has 0 aliphatic rings. The lowest BCUT2D eigenvalue weighted by molar-refractivity contribution is 0.413. The number of nitrogens with two attached hydrogens (primary N) is 1. The van der Waals surface area contributed by atoms with Gasteiger partial charge in [-0.3, -0.25) is 5.84 Å². The number of nitrogens with one attached hydrogen (secondary N) is 1. The van der Waals surface area contributed by atoms with Gasteiger partial charge < -0.3 is 4.74 Å². The highest BCUT2D eigenvalue weighted by Crippen LogP contribution is 2.32. The molecule has 2 aromatic carbocycles. The molecule has 0 radical (unpaired) electrons. The van der Waals surface area contributed by atoms with Crippen LogP contribution in [0.25, 0.3) is 0 Å². The molecule has 1 atom stereocenters. The van der Waals surface area contributed by atoms with Gasteiger partial charge in [0.15, 0.2) is 0 Å². The van der Waals surface area contributed by atoms with E-state index in [9.17, 15) is 8.78 Å². The highest BCUT2D eigenvalue weighted by molar-refractivity contribution is 6.32. The molecule has 0 aromatic heterocycles. The molecular weight excluding hydrogens is 298 g/mol. The van der Waals surface area contributed by atoms with E-state index in [1.54, 1.807) is 25.1 Å². The molecule has 0 aliphatic carbocycles. The number of benzene rings is 2. The van der Waals surface area contributed by atoms with Gasteiger partial charge in [0, 0.05) is 5.56 Å². The minimum Gasteiger partial charge on any atom is -0.495 e. The van der Waals surface area contributed by atoms with Crippen molar-refractivity contribution in [3.8, 4) is 5.75 Å². The summed E-state index contributed by atoms with van der Waals surface area (Å²) < 4.78 is 33.4. The van der Waals surface area contributed by atoms with Crippen LogP contribution in [-0.2, 0) is 0 Å². The highest BCUT2D eigenvalue weighted by atomic mass is 35.5. The number of hydrogen-bond acceptors (Lipinski definition) is 3. The monoisotopic (exact) mass is 312 g/mol. The van der Waals surface area contributed by atoms with Gasteiger partial charge in [0.05, 0.1) is 18.2 Å². The molecule has 0 heterocycles. The van der Waals surface area contributed by atoms with Crippen molar-refractivity contribution in [2.24, 2.45) is 5.84 Å². The summed E-state index contributed by atoms with van der Waals surface area (Å²) in [5.74, 6) is 4.60. The Morgan fingerprint density at radius 1 is 1.24 bits per heavy atom. The third kappa shape index (κ3) is 3.00. The summed E-state index contributed by atoms with van der Waals surface area (Å²) >= 11 is 5.95. The van der Waals surface area contributed by atoms with Crippen LogP contribution in [-0.4, -0.2) is 7.11 Å². The van der Waals surface area contributed by atoms with E-state index in [2.05, 4.69) is 5.43 Å². The van der Waals surface area contributed by atoms with Crippen LogP contribution in [0.5, 0.6) is 5.75 Å². The zero-order valence-electron chi connectivity index (χ0n) is 11.6. The van der Waals surface area contributed by atoms with Crippen LogP contribution in [0.4, 0.5) is 8.78 Å². The summed E-state index contributed by atoms with van der Waals surface area (Å²) in [6, 6.07) is 6.56. The first-order valence-corrected chi connectivity index (χ1v) is 6.61. The molecule has 0 saturated carbocycles. The Hall–Kier alpha value is -1.69. The Morgan fingerprint density at radius 2 is 1.95 bits per heavy atom. The lowest BCUT2D eigenvalue weighted by Gasteiger charge is -2.20. The average molecular weight is 313 g/mol. The molecule has 3 nitrogen and oxygen atoms in total. The van der Waals surface area contributed by atoms with Gasteiger partial charge in [-0.05, 0) is 36.2 Å². The zero-order chi connectivity index (χ0) is 15.6. The first-order valence-electron chi connectivity index (χ1n) is 6.23. The molecule has 2 aromatic rings. The van der Waals surface area contributed by atoms with Gasteiger partial charge in [-0.25, -0.2) is 14.2 Å². The van der Waals surface area contributed by atoms with E-state index in [0.29, 0.717) is 21.9 Å². The van der Waals surface area contributed by atoms with Gasteiger partial charge in [-0.1, -0.05) is 23.7 Å². The van der Waals surface area contributed by atoms with Crippen molar-refractivity contribution in [3.63, 3.8) is 0 Å². The summed E-state index contributed by atoms with van der Waals surface area (Å²) in [7, 11) is 1.46. The van der Waals surface area contributed by atoms with Gasteiger partial charge in [-0.15, -0.1) is 0 Å². The maximum Gasteiger partial charge on any atom is 0.137 e. The van der Waals surface area contributed by atoms with Crippen molar-refractivity contribution in [2.75, 3.05) is 7.11 Å². The Labute approximate surface area is 126 Å². The maximum atomic E-state index is 14.3. The summed E-state index contributed by atoms with van der Waals surface area (Å²) in [6.07, 6.45) is 0. The molecule has 6 heteroatoms. The molecule has 0 amide bonds. The van der Waals surface area contributed by atoms with Crippen LogP contribution in [0.1, 0.15) is 22.7 Å². The van der Waals surface area contributed by atoms with Crippen LogP contribution in [0, 0.1) is 18.6 Å². The predicted octanol–water partition coefficient (Wildman–Crippen LogP) is 3.49. The molecule has 0 bridgehead atoms. The average Bonchev–Trinajstić information content (AvgIpc) is 2.48. The van der Waals surface area contributed by atoms with Crippen LogP contribution in [0.2, 0.25) is 5.02 Å². The van der Waals surface area contributed by atoms with Gasteiger partial charge in [0.2, 0.25) is 0 Å². The van der Waals surface area contributed by atoms with Crippen LogP contribution in [0.15, 0.2) is 30.3 Å². The van der Waals surface area contributed by atoms with Gasteiger partial charge in [-0.2, -0.15) is 0 Å². The number of hydrogen-bond donors (Lipinski definition) is 2.